The molecule has 2 nitrogen and oxygen atoms in total. The van der Waals surface area contributed by atoms with Gasteiger partial charge in [-0.2, -0.15) is 4.37 Å². The molecule has 0 bridgehead atoms. The van der Waals surface area contributed by atoms with Crippen LogP contribution < -0.4 is 5.73 Å². The number of rotatable bonds is 1. The Morgan fingerprint density at radius 1 is 1.54 bits per heavy atom. The predicted molar refractivity (Wildman–Crippen MR) is 53.6 cm³/mol. The van der Waals surface area contributed by atoms with Crippen molar-refractivity contribution in [2.75, 3.05) is 5.73 Å². The third-order valence-electron chi connectivity index (χ3n) is 1.93. The quantitative estimate of drug-likeness (QED) is 0.712. The van der Waals surface area contributed by atoms with E-state index >= 15 is 0 Å². The molecule has 0 aliphatic rings. The van der Waals surface area contributed by atoms with Crippen LogP contribution in [0.3, 0.4) is 0 Å². The van der Waals surface area contributed by atoms with Gasteiger partial charge in [0.25, 0.3) is 0 Å². The molecule has 68 valence electrons. The van der Waals surface area contributed by atoms with Gasteiger partial charge >= 0.3 is 0 Å². The largest absolute Gasteiger partial charge is 0.398 e. The first-order valence-corrected chi connectivity index (χ1v) is 4.75. The van der Waals surface area contributed by atoms with Gasteiger partial charge in [-0.3, -0.25) is 0 Å². The predicted octanol–water partition coefficient (Wildman–Crippen LogP) is 2.91. The van der Waals surface area contributed by atoms with Crippen LogP contribution in [-0.2, 0) is 0 Å². The maximum absolute atomic E-state index is 13.1. The number of benzene rings is 1. The van der Waals surface area contributed by atoms with Gasteiger partial charge in [-0.1, -0.05) is 6.07 Å². The van der Waals surface area contributed by atoms with E-state index < -0.39 is 6.17 Å². The summed E-state index contributed by atoms with van der Waals surface area (Å²) in [7, 11) is 0. The molecular weight excluding hydrogens is 187 g/mol. The molecule has 1 atom stereocenters. The van der Waals surface area contributed by atoms with Crippen LogP contribution in [-0.4, -0.2) is 4.37 Å². The van der Waals surface area contributed by atoms with Crippen LogP contribution in [0.15, 0.2) is 18.2 Å². The van der Waals surface area contributed by atoms with Crippen molar-refractivity contribution in [3.63, 3.8) is 0 Å². The Bertz CT molecular complexity index is 436. The Balaban J connectivity index is 2.79. The molecule has 2 rings (SSSR count). The molecule has 0 spiro atoms. The summed E-state index contributed by atoms with van der Waals surface area (Å²) < 4.78 is 18.1. The zero-order chi connectivity index (χ0) is 9.42. The molecule has 1 aromatic carbocycles. The molecule has 2 aromatic rings. The summed E-state index contributed by atoms with van der Waals surface area (Å²) in [5.74, 6) is 0. The van der Waals surface area contributed by atoms with Gasteiger partial charge in [0.15, 0.2) is 0 Å². The molecule has 0 aliphatic heterocycles. The summed E-state index contributed by atoms with van der Waals surface area (Å²) in [6, 6.07) is 5.51. The van der Waals surface area contributed by atoms with E-state index in [-0.39, 0.29) is 0 Å². The summed E-state index contributed by atoms with van der Waals surface area (Å²) in [5, 5.41) is 0.766. The van der Waals surface area contributed by atoms with Crippen molar-refractivity contribution in [2.45, 2.75) is 13.1 Å². The fourth-order valence-corrected chi connectivity index (χ4v) is 2.20. The third kappa shape index (κ3) is 1.27. The van der Waals surface area contributed by atoms with E-state index in [1.807, 2.05) is 12.1 Å². The molecule has 0 fully saturated rings. The monoisotopic (exact) mass is 196 g/mol. The minimum absolute atomic E-state index is 0.457. The van der Waals surface area contributed by atoms with E-state index in [4.69, 9.17) is 5.73 Å². The number of nitrogen functional groups attached to an aromatic ring is 1. The van der Waals surface area contributed by atoms with Gasteiger partial charge in [-0.25, -0.2) is 4.39 Å². The van der Waals surface area contributed by atoms with Crippen LogP contribution in [0.2, 0.25) is 0 Å². The van der Waals surface area contributed by atoms with Crippen molar-refractivity contribution in [1.29, 1.82) is 0 Å². The smallest absolute Gasteiger partial charge is 0.141 e. The van der Waals surface area contributed by atoms with Crippen LogP contribution in [0.1, 0.15) is 18.8 Å². The maximum Gasteiger partial charge on any atom is 0.141 e. The summed E-state index contributed by atoms with van der Waals surface area (Å²) in [4.78, 5) is 0. The molecular formula is C9H9FN2S. The van der Waals surface area contributed by atoms with E-state index in [0.717, 1.165) is 10.1 Å². The maximum atomic E-state index is 13.1. The van der Waals surface area contributed by atoms with E-state index in [9.17, 15) is 4.39 Å². The fraction of sp³-hybridized carbons (Fsp3) is 0.222. The van der Waals surface area contributed by atoms with Crippen molar-refractivity contribution in [1.82, 2.24) is 4.37 Å². The minimum atomic E-state index is -1.06. The first-order valence-electron chi connectivity index (χ1n) is 3.98. The average molecular weight is 196 g/mol. The van der Waals surface area contributed by atoms with Crippen molar-refractivity contribution in [3.05, 3.63) is 23.9 Å². The van der Waals surface area contributed by atoms with Gasteiger partial charge < -0.3 is 5.73 Å². The lowest BCUT2D eigenvalue weighted by Crippen LogP contribution is -1.90. The van der Waals surface area contributed by atoms with E-state index in [0.29, 0.717) is 11.4 Å². The lowest BCUT2D eigenvalue weighted by atomic mass is 10.1. The molecule has 4 heteroatoms. The lowest BCUT2D eigenvalue weighted by molar-refractivity contribution is 0.370. The molecule has 0 radical (unpaired) electrons. The number of nitrogens with zero attached hydrogens (tertiary/aromatic N) is 1. The molecule has 1 aromatic heterocycles. The second-order valence-electron chi connectivity index (χ2n) is 2.90. The van der Waals surface area contributed by atoms with Gasteiger partial charge in [-0.15, -0.1) is 0 Å². The number of halogens is 1. The topological polar surface area (TPSA) is 38.9 Å². The second kappa shape index (κ2) is 2.96. The number of anilines is 1. The number of fused-ring (bicyclic) bond motifs is 1. The van der Waals surface area contributed by atoms with Gasteiger partial charge in [0.05, 0.1) is 10.4 Å². The minimum Gasteiger partial charge on any atom is -0.398 e. The Morgan fingerprint density at radius 2 is 2.31 bits per heavy atom. The normalized spacial score (nSPS) is 13.4. The van der Waals surface area contributed by atoms with Crippen molar-refractivity contribution >= 4 is 27.3 Å². The highest BCUT2D eigenvalue weighted by Crippen LogP contribution is 2.32. The molecule has 0 amide bonds. The fourth-order valence-electron chi connectivity index (χ4n) is 1.31. The number of hydrogen-bond donors (Lipinski definition) is 1. The number of nitrogens with two attached hydrogens (primary N) is 1. The van der Waals surface area contributed by atoms with E-state index in [1.54, 1.807) is 6.07 Å². The van der Waals surface area contributed by atoms with Crippen LogP contribution >= 0.6 is 11.5 Å². The Morgan fingerprint density at radius 3 is 3.00 bits per heavy atom. The SMILES string of the molecule is CC(F)c1nsc2cccc(N)c12. The van der Waals surface area contributed by atoms with Gasteiger partial charge in [0.2, 0.25) is 0 Å². The van der Waals surface area contributed by atoms with Crippen LogP contribution in [0.25, 0.3) is 10.1 Å². The van der Waals surface area contributed by atoms with Gasteiger partial charge in [-0.05, 0) is 30.6 Å². The van der Waals surface area contributed by atoms with Crippen molar-refractivity contribution in [2.24, 2.45) is 0 Å². The Labute approximate surface area is 79.3 Å². The molecule has 0 saturated heterocycles. The first-order chi connectivity index (χ1) is 6.20. The lowest BCUT2D eigenvalue weighted by Gasteiger charge is -1.99. The van der Waals surface area contributed by atoms with Crippen molar-refractivity contribution < 1.29 is 4.39 Å². The van der Waals surface area contributed by atoms with E-state index in [1.165, 1.54) is 18.5 Å². The van der Waals surface area contributed by atoms with Crippen LogP contribution in [0.4, 0.5) is 10.1 Å². The summed E-state index contributed by atoms with van der Waals surface area (Å²) in [6.07, 6.45) is -1.06. The molecule has 1 heterocycles. The standard InChI is InChI=1S/C9H9FN2S/c1-5(10)9-8-6(11)3-2-4-7(8)13-12-9/h2-5H,11H2,1H3. The van der Waals surface area contributed by atoms with E-state index in [2.05, 4.69) is 4.37 Å². The highest BCUT2D eigenvalue weighted by molar-refractivity contribution is 7.13. The number of aromatic nitrogens is 1. The van der Waals surface area contributed by atoms with Crippen LogP contribution in [0, 0.1) is 0 Å². The summed E-state index contributed by atoms with van der Waals surface area (Å²) >= 11 is 1.29. The highest BCUT2D eigenvalue weighted by Gasteiger charge is 2.13. The van der Waals surface area contributed by atoms with Gasteiger partial charge in [0.1, 0.15) is 6.17 Å². The summed E-state index contributed by atoms with van der Waals surface area (Å²) in [6.45, 7) is 1.47. The number of hydrogen-bond acceptors (Lipinski definition) is 3. The second-order valence-corrected chi connectivity index (χ2v) is 3.71. The number of alkyl halides is 1. The highest BCUT2D eigenvalue weighted by atomic mass is 32.1. The Hall–Kier alpha value is -1.16. The Kier molecular flexibility index (Phi) is 1.92. The van der Waals surface area contributed by atoms with Crippen LogP contribution in [0.5, 0.6) is 0 Å². The summed E-state index contributed by atoms with van der Waals surface area (Å²) in [5.41, 5.74) is 6.80. The zero-order valence-corrected chi connectivity index (χ0v) is 7.94. The van der Waals surface area contributed by atoms with Gasteiger partial charge in [0, 0.05) is 11.1 Å². The molecule has 0 aliphatic carbocycles. The molecule has 1 unspecified atom stereocenters. The molecule has 0 saturated carbocycles. The molecule has 2 N–H and O–H groups in total. The average Bonchev–Trinajstić information content (AvgIpc) is 2.49. The first kappa shape index (κ1) is 8.44. The molecule has 13 heavy (non-hydrogen) atoms. The zero-order valence-electron chi connectivity index (χ0n) is 7.12. The van der Waals surface area contributed by atoms with Crippen molar-refractivity contribution in [3.8, 4) is 0 Å². The third-order valence-corrected chi connectivity index (χ3v) is 2.76.